The van der Waals surface area contributed by atoms with E-state index in [1.807, 2.05) is 60.7 Å². The molecular weight excluding hydrogens is 510 g/mol. The van der Waals surface area contributed by atoms with E-state index in [2.05, 4.69) is 51.1 Å². The Hall–Kier alpha value is -4.21. The molecule has 5 rings (SSSR count). The van der Waals surface area contributed by atoms with Crippen LogP contribution in [0.1, 0.15) is 34.7 Å². The number of amides is 1. The topological polar surface area (TPSA) is 80.7 Å². The molecule has 0 radical (unpaired) electrons. The van der Waals surface area contributed by atoms with Crippen molar-refractivity contribution in [2.24, 2.45) is 0 Å². The number of methoxy groups -OCH3 is 2. The van der Waals surface area contributed by atoms with Crippen molar-refractivity contribution in [3.63, 3.8) is 0 Å². The molecule has 2 N–H and O–H groups in total. The molecule has 0 aliphatic carbocycles. The number of hydrogen-bond acceptors (Lipinski definition) is 5. The number of rotatable bonds is 8. The standard InChI is InChI=1S/C30H31N5O3S/c1-19-16-25(20(2)34(19)23-8-7-9-24(17-23)38-4)29-28(26-10-5-6-15-31-26)33-30(39)35(29)22-13-11-21(12-14-22)32-27(36)18-37-3/h5-17,28-29H,18H2,1-4H3,(H,32,36)(H,33,39)/t28-,29+/m0/s1. The number of benzene rings is 2. The molecule has 4 aromatic rings. The van der Waals surface area contributed by atoms with Gasteiger partial charge in [0.05, 0.1) is 24.9 Å². The average molecular weight is 542 g/mol. The van der Waals surface area contributed by atoms with E-state index in [9.17, 15) is 4.79 Å². The van der Waals surface area contributed by atoms with Crippen molar-refractivity contribution in [2.45, 2.75) is 25.9 Å². The van der Waals surface area contributed by atoms with Crippen molar-refractivity contribution < 1.29 is 14.3 Å². The van der Waals surface area contributed by atoms with Crippen molar-refractivity contribution in [2.75, 3.05) is 31.0 Å². The lowest BCUT2D eigenvalue weighted by Gasteiger charge is -2.28. The van der Waals surface area contributed by atoms with Gasteiger partial charge >= 0.3 is 0 Å². The van der Waals surface area contributed by atoms with E-state index in [4.69, 9.17) is 21.7 Å². The molecular formula is C30H31N5O3S. The number of carbonyl (C=O) groups excluding carboxylic acids is 1. The van der Waals surface area contributed by atoms with Gasteiger partial charge in [-0.1, -0.05) is 12.1 Å². The number of carbonyl (C=O) groups is 1. The van der Waals surface area contributed by atoms with E-state index in [1.165, 1.54) is 7.11 Å². The Kier molecular flexibility index (Phi) is 7.63. The lowest BCUT2D eigenvalue weighted by molar-refractivity contribution is -0.119. The van der Waals surface area contributed by atoms with Crippen LogP contribution in [0.4, 0.5) is 11.4 Å². The molecule has 8 nitrogen and oxygen atoms in total. The van der Waals surface area contributed by atoms with Gasteiger partial charge in [-0.3, -0.25) is 9.78 Å². The first-order valence-corrected chi connectivity index (χ1v) is 13.0. The summed E-state index contributed by atoms with van der Waals surface area (Å²) in [5.74, 6) is 0.595. The molecule has 39 heavy (non-hydrogen) atoms. The molecule has 2 aromatic carbocycles. The second-order valence-electron chi connectivity index (χ2n) is 9.39. The Balaban J connectivity index is 1.58. The van der Waals surface area contributed by atoms with E-state index in [-0.39, 0.29) is 24.6 Å². The quantitative estimate of drug-likeness (QED) is 0.295. The van der Waals surface area contributed by atoms with E-state index in [0.717, 1.165) is 39.8 Å². The molecule has 1 fully saturated rings. The minimum Gasteiger partial charge on any atom is -0.497 e. The molecule has 1 amide bonds. The predicted octanol–water partition coefficient (Wildman–Crippen LogP) is 5.26. The summed E-state index contributed by atoms with van der Waals surface area (Å²) < 4.78 is 12.6. The summed E-state index contributed by atoms with van der Waals surface area (Å²) in [4.78, 5) is 18.8. The number of nitrogens with one attached hydrogen (secondary N) is 2. The van der Waals surface area contributed by atoms with Gasteiger partial charge in [0.2, 0.25) is 5.91 Å². The van der Waals surface area contributed by atoms with Gasteiger partial charge in [-0.2, -0.15) is 0 Å². The molecule has 0 saturated carbocycles. The third-order valence-corrected chi connectivity index (χ3v) is 7.22. The SMILES string of the molecule is COCC(=O)Nc1ccc(N2C(=S)N[C@@H](c3ccccn3)[C@H]2c2cc(C)n(-c3cccc(OC)c3)c2C)cc1. The van der Waals surface area contributed by atoms with Crippen LogP contribution in [0.25, 0.3) is 5.69 Å². The van der Waals surface area contributed by atoms with Crippen molar-refractivity contribution in [3.8, 4) is 11.4 Å². The highest BCUT2D eigenvalue weighted by atomic mass is 32.1. The van der Waals surface area contributed by atoms with Crippen LogP contribution in [-0.2, 0) is 9.53 Å². The van der Waals surface area contributed by atoms with Crippen molar-refractivity contribution in [1.29, 1.82) is 0 Å². The number of anilines is 2. The second kappa shape index (κ2) is 11.3. The molecule has 0 unspecified atom stereocenters. The van der Waals surface area contributed by atoms with Crippen LogP contribution in [0.15, 0.2) is 79.0 Å². The summed E-state index contributed by atoms with van der Waals surface area (Å²) in [6.07, 6.45) is 1.80. The third-order valence-electron chi connectivity index (χ3n) is 6.90. The Morgan fingerprint density at radius 1 is 1.03 bits per heavy atom. The summed E-state index contributed by atoms with van der Waals surface area (Å²) >= 11 is 5.90. The lowest BCUT2D eigenvalue weighted by atomic mass is 9.96. The van der Waals surface area contributed by atoms with Crippen LogP contribution >= 0.6 is 12.2 Å². The first-order valence-electron chi connectivity index (χ1n) is 12.6. The average Bonchev–Trinajstić information content (AvgIpc) is 3.44. The van der Waals surface area contributed by atoms with Crippen LogP contribution in [0.2, 0.25) is 0 Å². The molecule has 2 atom stereocenters. The van der Waals surface area contributed by atoms with E-state index < -0.39 is 0 Å². The van der Waals surface area contributed by atoms with Crippen LogP contribution in [0.3, 0.4) is 0 Å². The van der Waals surface area contributed by atoms with Crippen molar-refractivity contribution >= 4 is 34.6 Å². The summed E-state index contributed by atoms with van der Waals surface area (Å²) in [6, 6.07) is 23.5. The number of aryl methyl sites for hydroxylation is 1. The van der Waals surface area contributed by atoms with E-state index in [0.29, 0.717) is 10.8 Å². The summed E-state index contributed by atoms with van der Waals surface area (Å²) in [6.45, 7) is 4.23. The molecule has 3 heterocycles. The zero-order valence-electron chi connectivity index (χ0n) is 22.3. The third kappa shape index (κ3) is 5.23. The molecule has 2 aromatic heterocycles. The maximum absolute atomic E-state index is 12.0. The van der Waals surface area contributed by atoms with Gasteiger partial charge in [0.1, 0.15) is 12.4 Å². The number of aromatic nitrogens is 2. The van der Waals surface area contributed by atoms with Crippen molar-refractivity contribution in [1.82, 2.24) is 14.9 Å². The van der Waals surface area contributed by atoms with Gasteiger partial charge in [0, 0.05) is 47.8 Å². The molecule has 9 heteroatoms. The van der Waals surface area contributed by atoms with Crippen LogP contribution in [0.5, 0.6) is 5.75 Å². The van der Waals surface area contributed by atoms with Gasteiger partial charge in [-0.15, -0.1) is 0 Å². The zero-order chi connectivity index (χ0) is 27.5. The first-order chi connectivity index (χ1) is 18.9. The van der Waals surface area contributed by atoms with Gasteiger partial charge in [-0.25, -0.2) is 0 Å². The minimum atomic E-state index is -0.207. The molecule has 0 bridgehead atoms. The summed E-state index contributed by atoms with van der Waals surface area (Å²) in [7, 11) is 3.17. The summed E-state index contributed by atoms with van der Waals surface area (Å²) in [5, 5.41) is 6.98. The number of nitrogens with zero attached hydrogens (tertiary/aromatic N) is 3. The second-order valence-corrected chi connectivity index (χ2v) is 9.77. The van der Waals surface area contributed by atoms with Crippen LogP contribution in [0, 0.1) is 13.8 Å². The number of thiocarbonyl (C=S) groups is 1. The Morgan fingerprint density at radius 3 is 2.51 bits per heavy atom. The highest BCUT2D eigenvalue weighted by Gasteiger charge is 2.42. The lowest BCUT2D eigenvalue weighted by Crippen LogP contribution is -2.29. The molecule has 1 aliphatic rings. The monoisotopic (exact) mass is 541 g/mol. The Labute approximate surface area is 233 Å². The fraction of sp³-hybridized carbons (Fsp3) is 0.233. The zero-order valence-corrected chi connectivity index (χ0v) is 23.2. The molecule has 0 spiro atoms. The van der Waals surface area contributed by atoms with Crippen LogP contribution < -0.4 is 20.3 Å². The summed E-state index contributed by atoms with van der Waals surface area (Å²) in [5.41, 5.74) is 6.87. The Bertz CT molecular complexity index is 1490. The fourth-order valence-electron chi connectivity index (χ4n) is 5.22. The van der Waals surface area contributed by atoms with E-state index >= 15 is 0 Å². The van der Waals surface area contributed by atoms with Gasteiger partial charge in [0.15, 0.2) is 5.11 Å². The van der Waals surface area contributed by atoms with Crippen molar-refractivity contribution in [3.05, 3.63) is 102 Å². The smallest absolute Gasteiger partial charge is 0.250 e. The normalized spacial score (nSPS) is 16.7. The van der Waals surface area contributed by atoms with Gasteiger partial charge < -0.3 is 29.6 Å². The highest BCUT2D eigenvalue weighted by Crippen LogP contribution is 2.44. The number of hydrogen-bond donors (Lipinski definition) is 2. The first kappa shape index (κ1) is 26.4. The molecule has 1 saturated heterocycles. The molecule has 200 valence electrons. The number of pyridine rings is 1. The maximum Gasteiger partial charge on any atom is 0.250 e. The predicted molar refractivity (Wildman–Crippen MR) is 157 cm³/mol. The number of ether oxygens (including phenoxy) is 2. The van der Waals surface area contributed by atoms with Gasteiger partial charge in [0.25, 0.3) is 0 Å². The maximum atomic E-state index is 12.0. The fourth-order valence-corrected chi connectivity index (χ4v) is 5.56. The van der Waals surface area contributed by atoms with E-state index in [1.54, 1.807) is 13.3 Å². The Morgan fingerprint density at radius 2 is 1.82 bits per heavy atom. The van der Waals surface area contributed by atoms with Crippen LogP contribution in [-0.4, -0.2) is 41.4 Å². The largest absolute Gasteiger partial charge is 0.497 e. The van der Waals surface area contributed by atoms with Gasteiger partial charge in [-0.05, 0) is 86.2 Å². The minimum absolute atomic E-state index is 0.00137. The highest BCUT2D eigenvalue weighted by molar-refractivity contribution is 7.80. The molecule has 1 aliphatic heterocycles.